The van der Waals surface area contributed by atoms with E-state index in [9.17, 15) is 4.79 Å². The highest BCUT2D eigenvalue weighted by Gasteiger charge is 2.26. The highest BCUT2D eigenvalue weighted by atomic mass is 16.6. The quantitative estimate of drug-likeness (QED) is 0.774. The maximum atomic E-state index is 12.0. The van der Waals surface area contributed by atoms with Crippen molar-refractivity contribution in [2.75, 3.05) is 35.6 Å². The Kier molecular flexibility index (Phi) is 5.98. The number of aromatic nitrogens is 1. The van der Waals surface area contributed by atoms with Gasteiger partial charge in [0.25, 0.3) is 0 Å². The van der Waals surface area contributed by atoms with Crippen molar-refractivity contribution >= 4 is 23.3 Å². The molecule has 1 aliphatic rings. The molecule has 25 heavy (non-hydrogen) atoms. The average Bonchev–Trinajstić information content (AvgIpc) is 2.49. The van der Waals surface area contributed by atoms with Crippen molar-refractivity contribution in [3.8, 4) is 0 Å². The zero-order valence-electron chi connectivity index (χ0n) is 16.0. The predicted molar refractivity (Wildman–Crippen MR) is 102 cm³/mol. The minimum atomic E-state index is -0.369. The Morgan fingerprint density at radius 1 is 1.48 bits per heavy atom. The summed E-state index contributed by atoms with van der Waals surface area (Å²) < 4.78 is 5.60. The van der Waals surface area contributed by atoms with Crippen LogP contribution in [0.1, 0.15) is 46.2 Å². The van der Waals surface area contributed by atoms with Crippen molar-refractivity contribution in [1.29, 1.82) is 0 Å². The molecule has 2 heterocycles. The van der Waals surface area contributed by atoms with Gasteiger partial charge >= 0.3 is 6.09 Å². The van der Waals surface area contributed by atoms with Crippen molar-refractivity contribution in [2.24, 2.45) is 0 Å². The fraction of sp³-hybridized carbons (Fsp3) is 0.667. The lowest BCUT2D eigenvalue weighted by molar-refractivity contribution is 0.0826. The van der Waals surface area contributed by atoms with Crippen LogP contribution >= 0.6 is 0 Å². The Balaban J connectivity index is 2.09. The van der Waals surface area contributed by atoms with Gasteiger partial charge in [0, 0.05) is 24.3 Å². The van der Waals surface area contributed by atoms with Gasteiger partial charge in [-0.2, -0.15) is 0 Å². The lowest BCUT2D eigenvalue weighted by Gasteiger charge is -2.35. The SMILES string of the molecule is CCNc1nc(C)cc(N2CCCC(OC(=O)NC(C)(C)C)C2)c1N. The summed E-state index contributed by atoms with van der Waals surface area (Å²) in [5, 5.41) is 6.05. The number of rotatable bonds is 4. The number of nitrogens with one attached hydrogen (secondary N) is 2. The van der Waals surface area contributed by atoms with Crippen LogP contribution in [0.25, 0.3) is 0 Å². The van der Waals surface area contributed by atoms with Crippen LogP contribution in [-0.4, -0.2) is 42.4 Å². The summed E-state index contributed by atoms with van der Waals surface area (Å²) in [5.74, 6) is 0.714. The number of piperidine rings is 1. The van der Waals surface area contributed by atoms with Crippen LogP contribution in [0.4, 0.5) is 22.0 Å². The van der Waals surface area contributed by atoms with Crippen molar-refractivity contribution in [3.05, 3.63) is 11.8 Å². The van der Waals surface area contributed by atoms with Crippen molar-refractivity contribution in [3.63, 3.8) is 0 Å². The standard InChI is InChI=1S/C18H31N5O2/c1-6-20-16-15(19)14(10-12(2)21-16)23-9-7-8-13(11-23)25-17(24)22-18(3,4)5/h10,13H,6-9,11,19H2,1-5H3,(H,20,21)(H,22,24). The van der Waals surface area contributed by atoms with Gasteiger partial charge in [0.1, 0.15) is 6.10 Å². The molecule has 2 rings (SSSR count). The fourth-order valence-electron chi connectivity index (χ4n) is 2.97. The molecule has 1 amide bonds. The molecule has 7 nitrogen and oxygen atoms in total. The monoisotopic (exact) mass is 349 g/mol. The van der Waals surface area contributed by atoms with E-state index < -0.39 is 0 Å². The molecule has 0 spiro atoms. The molecule has 140 valence electrons. The van der Waals surface area contributed by atoms with Crippen molar-refractivity contribution in [2.45, 2.75) is 59.1 Å². The van der Waals surface area contributed by atoms with E-state index >= 15 is 0 Å². The number of pyridine rings is 1. The molecule has 1 fully saturated rings. The molecule has 0 bridgehead atoms. The molecule has 1 aromatic rings. The Labute approximate surface area is 150 Å². The second kappa shape index (κ2) is 7.80. The van der Waals surface area contributed by atoms with Gasteiger partial charge < -0.3 is 26.0 Å². The molecular weight excluding hydrogens is 318 g/mol. The molecule has 0 radical (unpaired) electrons. The molecule has 7 heteroatoms. The van der Waals surface area contributed by atoms with Crippen LogP contribution in [-0.2, 0) is 4.74 Å². The van der Waals surface area contributed by atoms with Gasteiger partial charge in [0.15, 0.2) is 5.82 Å². The van der Waals surface area contributed by atoms with Gasteiger partial charge in [-0.05, 0) is 53.5 Å². The highest BCUT2D eigenvalue weighted by molar-refractivity contribution is 5.79. The van der Waals surface area contributed by atoms with E-state index in [1.54, 1.807) is 0 Å². The number of carbonyl (C=O) groups excluding carboxylic acids is 1. The first-order chi connectivity index (χ1) is 11.7. The van der Waals surface area contributed by atoms with E-state index in [0.717, 1.165) is 37.3 Å². The Bertz CT molecular complexity index is 612. The number of aryl methyl sites for hydroxylation is 1. The molecule has 1 saturated heterocycles. The predicted octanol–water partition coefficient (Wildman–Crippen LogP) is 2.90. The molecule has 0 aliphatic carbocycles. The summed E-state index contributed by atoms with van der Waals surface area (Å²) in [6, 6.07) is 1.99. The summed E-state index contributed by atoms with van der Waals surface area (Å²) >= 11 is 0. The molecule has 1 aliphatic heterocycles. The van der Waals surface area contributed by atoms with Crippen LogP contribution in [0.5, 0.6) is 0 Å². The van der Waals surface area contributed by atoms with Crippen LogP contribution in [0, 0.1) is 6.92 Å². The number of nitrogens with zero attached hydrogens (tertiary/aromatic N) is 2. The molecule has 0 saturated carbocycles. The average molecular weight is 349 g/mol. The summed E-state index contributed by atoms with van der Waals surface area (Å²) in [6.07, 6.45) is 1.29. The number of hydrogen-bond acceptors (Lipinski definition) is 6. The van der Waals surface area contributed by atoms with Gasteiger partial charge in [-0.3, -0.25) is 0 Å². The maximum absolute atomic E-state index is 12.0. The number of hydrogen-bond donors (Lipinski definition) is 3. The molecular formula is C18H31N5O2. The number of alkyl carbamates (subject to hydrolysis) is 1. The van der Waals surface area contributed by atoms with Crippen LogP contribution in [0.3, 0.4) is 0 Å². The minimum Gasteiger partial charge on any atom is -0.444 e. The van der Waals surface area contributed by atoms with E-state index in [4.69, 9.17) is 10.5 Å². The van der Waals surface area contributed by atoms with Crippen molar-refractivity contribution < 1.29 is 9.53 Å². The summed E-state index contributed by atoms with van der Waals surface area (Å²) in [6.45, 7) is 12.1. The zero-order valence-corrected chi connectivity index (χ0v) is 16.0. The number of carbonyl (C=O) groups is 1. The van der Waals surface area contributed by atoms with Crippen LogP contribution in [0.15, 0.2) is 6.07 Å². The first-order valence-electron chi connectivity index (χ1n) is 8.94. The second-order valence-corrected chi connectivity index (χ2v) is 7.57. The molecule has 1 atom stereocenters. The number of amides is 1. The van der Waals surface area contributed by atoms with Gasteiger partial charge in [0.05, 0.1) is 17.9 Å². The first-order valence-corrected chi connectivity index (χ1v) is 8.94. The third-order valence-corrected chi connectivity index (χ3v) is 3.98. The van der Waals surface area contributed by atoms with E-state index in [1.165, 1.54) is 0 Å². The topological polar surface area (TPSA) is 92.5 Å². The van der Waals surface area contributed by atoms with Crippen molar-refractivity contribution in [1.82, 2.24) is 10.3 Å². The molecule has 4 N–H and O–H groups in total. The molecule has 1 unspecified atom stereocenters. The number of nitrogen functional groups attached to an aromatic ring is 1. The Morgan fingerprint density at radius 2 is 2.20 bits per heavy atom. The van der Waals surface area contributed by atoms with E-state index in [2.05, 4.69) is 20.5 Å². The normalized spacial score (nSPS) is 18.0. The Hall–Kier alpha value is -2.18. The maximum Gasteiger partial charge on any atom is 0.407 e. The molecule has 1 aromatic heterocycles. The summed E-state index contributed by atoms with van der Waals surface area (Å²) in [5.41, 5.74) is 8.51. The van der Waals surface area contributed by atoms with E-state index in [0.29, 0.717) is 18.1 Å². The smallest absolute Gasteiger partial charge is 0.407 e. The third-order valence-electron chi connectivity index (χ3n) is 3.98. The number of anilines is 3. The van der Waals surface area contributed by atoms with E-state index in [1.807, 2.05) is 40.7 Å². The lowest BCUT2D eigenvalue weighted by atomic mass is 10.1. The minimum absolute atomic E-state index is 0.147. The third kappa shape index (κ3) is 5.41. The highest BCUT2D eigenvalue weighted by Crippen LogP contribution is 2.32. The Morgan fingerprint density at radius 3 is 2.84 bits per heavy atom. The number of ether oxygens (including phenoxy) is 1. The summed E-state index contributed by atoms with van der Waals surface area (Å²) in [7, 11) is 0. The van der Waals surface area contributed by atoms with Gasteiger partial charge in [-0.25, -0.2) is 9.78 Å². The van der Waals surface area contributed by atoms with Crippen LogP contribution in [0.2, 0.25) is 0 Å². The number of nitrogens with two attached hydrogens (primary N) is 1. The second-order valence-electron chi connectivity index (χ2n) is 7.57. The van der Waals surface area contributed by atoms with E-state index in [-0.39, 0.29) is 17.7 Å². The zero-order chi connectivity index (χ0) is 18.6. The lowest BCUT2D eigenvalue weighted by Crippen LogP contribution is -2.46. The van der Waals surface area contributed by atoms with Gasteiger partial charge in [0.2, 0.25) is 0 Å². The fourth-order valence-corrected chi connectivity index (χ4v) is 2.97. The molecule has 0 aromatic carbocycles. The van der Waals surface area contributed by atoms with Gasteiger partial charge in [-0.1, -0.05) is 0 Å². The largest absolute Gasteiger partial charge is 0.444 e. The first kappa shape index (κ1) is 19.1. The summed E-state index contributed by atoms with van der Waals surface area (Å²) in [4.78, 5) is 18.7. The van der Waals surface area contributed by atoms with Gasteiger partial charge in [-0.15, -0.1) is 0 Å². The van der Waals surface area contributed by atoms with Crippen LogP contribution < -0.4 is 21.3 Å².